The van der Waals surface area contributed by atoms with E-state index in [0.717, 1.165) is 0 Å². The summed E-state index contributed by atoms with van der Waals surface area (Å²) in [6, 6.07) is 4.59. The monoisotopic (exact) mass is 296 g/mol. The van der Waals surface area contributed by atoms with Crippen LogP contribution in [0.5, 0.6) is 11.5 Å². The minimum Gasteiger partial charge on any atom is -0.507 e. The molecule has 0 aromatic heterocycles. The normalized spacial score (nSPS) is 10.4. The molecule has 0 fully saturated rings. The summed E-state index contributed by atoms with van der Waals surface area (Å²) in [4.78, 5) is 14.4. The third-order valence-corrected chi connectivity index (χ3v) is 3.12. The number of thiocarbonyl (C=S) groups is 1. The fourth-order valence-electron chi connectivity index (χ4n) is 1.80. The second kappa shape index (κ2) is 7.09. The van der Waals surface area contributed by atoms with E-state index in [-0.39, 0.29) is 23.3 Å². The average molecular weight is 296 g/mol. The Bertz CT molecular complexity index is 503. The van der Waals surface area contributed by atoms with Gasteiger partial charge in [-0.3, -0.25) is 4.79 Å². The maximum Gasteiger partial charge on any atom is 0.257 e. The first-order valence-corrected chi connectivity index (χ1v) is 6.74. The van der Waals surface area contributed by atoms with Gasteiger partial charge in [0.2, 0.25) is 0 Å². The number of benzene rings is 1. The third kappa shape index (κ3) is 4.09. The highest BCUT2D eigenvalue weighted by atomic mass is 32.1. The van der Waals surface area contributed by atoms with Crippen LogP contribution >= 0.6 is 12.2 Å². The van der Waals surface area contributed by atoms with E-state index in [1.54, 1.807) is 17.0 Å². The van der Waals surface area contributed by atoms with Crippen molar-refractivity contribution in [1.29, 1.82) is 0 Å². The maximum absolute atomic E-state index is 12.5. The predicted molar refractivity (Wildman–Crippen MR) is 82.2 cm³/mol. The molecule has 1 aromatic rings. The molecular formula is C14H20N2O3S. The zero-order chi connectivity index (χ0) is 15.3. The number of ether oxygens (including phenoxy) is 1. The van der Waals surface area contributed by atoms with E-state index in [1.165, 1.54) is 13.2 Å². The van der Waals surface area contributed by atoms with Gasteiger partial charge in [0.1, 0.15) is 11.5 Å². The van der Waals surface area contributed by atoms with E-state index >= 15 is 0 Å². The number of methoxy groups -OCH3 is 1. The summed E-state index contributed by atoms with van der Waals surface area (Å²) in [5.41, 5.74) is 5.71. The molecule has 1 rings (SSSR count). The molecule has 0 radical (unpaired) electrons. The van der Waals surface area contributed by atoms with Crippen molar-refractivity contribution in [2.24, 2.45) is 5.73 Å². The Morgan fingerprint density at radius 2 is 2.15 bits per heavy atom. The van der Waals surface area contributed by atoms with E-state index in [9.17, 15) is 9.90 Å². The lowest BCUT2D eigenvalue weighted by molar-refractivity contribution is 0.0708. The first-order valence-electron chi connectivity index (χ1n) is 6.33. The zero-order valence-corrected chi connectivity index (χ0v) is 12.7. The highest BCUT2D eigenvalue weighted by molar-refractivity contribution is 7.80. The summed E-state index contributed by atoms with van der Waals surface area (Å²) in [5.74, 6) is 0.144. The van der Waals surface area contributed by atoms with Crippen LogP contribution in [0.2, 0.25) is 0 Å². The van der Waals surface area contributed by atoms with Crippen LogP contribution in [0.25, 0.3) is 0 Å². The largest absolute Gasteiger partial charge is 0.507 e. The van der Waals surface area contributed by atoms with Gasteiger partial charge in [-0.1, -0.05) is 12.2 Å². The maximum atomic E-state index is 12.5. The van der Waals surface area contributed by atoms with Crippen molar-refractivity contribution in [3.63, 3.8) is 0 Å². The summed E-state index contributed by atoms with van der Waals surface area (Å²) in [5, 5.41) is 9.92. The summed E-state index contributed by atoms with van der Waals surface area (Å²) in [6.07, 6.45) is 0.455. The van der Waals surface area contributed by atoms with Crippen molar-refractivity contribution in [1.82, 2.24) is 4.90 Å². The van der Waals surface area contributed by atoms with Gasteiger partial charge in [-0.05, 0) is 26.0 Å². The standard InChI is InChI=1S/C14H20N2O3S/c1-9(2)16(7-6-13(15)20)14(18)11-5-4-10(19-3)8-12(11)17/h4-5,8-9,17H,6-7H2,1-3H3,(H2,15,20). The highest BCUT2D eigenvalue weighted by Crippen LogP contribution is 2.25. The molecule has 5 nitrogen and oxygen atoms in total. The Kier molecular flexibility index (Phi) is 5.76. The lowest BCUT2D eigenvalue weighted by atomic mass is 10.1. The van der Waals surface area contributed by atoms with Crippen LogP contribution in [0.4, 0.5) is 0 Å². The quantitative estimate of drug-likeness (QED) is 0.785. The van der Waals surface area contributed by atoms with Gasteiger partial charge in [0.15, 0.2) is 0 Å². The van der Waals surface area contributed by atoms with Gasteiger partial charge in [0.25, 0.3) is 5.91 Å². The van der Waals surface area contributed by atoms with Crippen molar-refractivity contribution in [3.8, 4) is 11.5 Å². The molecule has 0 aliphatic carbocycles. The molecule has 0 spiro atoms. The molecule has 0 heterocycles. The second-order valence-corrected chi connectivity index (χ2v) is 5.22. The molecule has 0 bridgehead atoms. The van der Waals surface area contributed by atoms with Gasteiger partial charge in [0.05, 0.1) is 17.7 Å². The number of aromatic hydroxyl groups is 1. The second-order valence-electron chi connectivity index (χ2n) is 4.69. The summed E-state index contributed by atoms with van der Waals surface area (Å²) in [6.45, 7) is 4.23. The number of nitrogens with two attached hydrogens (primary N) is 1. The topological polar surface area (TPSA) is 75.8 Å². The zero-order valence-electron chi connectivity index (χ0n) is 11.9. The number of rotatable bonds is 6. The van der Waals surface area contributed by atoms with Crippen LogP contribution in [0, 0.1) is 0 Å². The number of carbonyl (C=O) groups excluding carboxylic acids is 1. The minimum absolute atomic E-state index is 0.0154. The fraction of sp³-hybridized carbons (Fsp3) is 0.429. The van der Waals surface area contributed by atoms with Gasteiger partial charge >= 0.3 is 0 Å². The van der Waals surface area contributed by atoms with Crippen LogP contribution < -0.4 is 10.5 Å². The van der Waals surface area contributed by atoms with Gasteiger partial charge < -0.3 is 20.5 Å². The number of phenols is 1. The highest BCUT2D eigenvalue weighted by Gasteiger charge is 2.21. The number of phenolic OH excluding ortho intramolecular Hbond substituents is 1. The van der Waals surface area contributed by atoms with Crippen LogP contribution in [0.3, 0.4) is 0 Å². The molecule has 3 N–H and O–H groups in total. The number of carbonyl (C=O) groups is 1. The molecule has 0 unspecified atom stereocenters. The fourth-order valence-corrected chi connectivity index (χ4v) is 1.89. The molecule has 110 valence electrons. The van der Waals surface area contributed by atoms with E-state index in [2.05, 4.69) is 0 Å². The van der Waals surface area contributed by atoms with Crippen LogP contribution in [0.1, 0.15) is 30.6 Å². The molecule has 1 amide bonds. The molecular weight excluding hydrogens is 276 g/mol. The van der Waals surface area contributed by atoms with Crippen LogP contribution in [0.15, 0.2) is 18.2 Å². The molecule has 0 aliphatic rings. The first-order chi connectivity index (χ1) is 9.36. The predicted octanol–water partition coefficient (Wildman–Crippen LogP) is 1.93. The van der Waals surface area contributed by atoms with Crippen LogP contribution in [-0.4, -0.2) is 40.6 Å². The Hall–Kier alpha value is -1.82. The van der Waals surface area contributed by atoms with E-state index in [0.29, 0.717) is 23.7 Å². The van der Waals surface area contributed by atoms with Crippen molar-refractivity contribution in [3.05, 3.63) is 23.8 Å². The summed E-state index contributed by atoms with van der Waals surface area (Å²) in [7, 11) is 1.50. The van der Waals surface area contributed by atoms with E-state index < -0.39 is 0 Å². The number of hydrogen-bond acceptors (Lipinski definition) is 4. The van der Waals surface area contributed by atoms with Gasteiger partial charge in [0, 0.05) is 25.1 Å². The number of nitrogens with zero attached hydrogens (tertiary/aromatic N) is 1. The molecule has 0 saturated heterocycles. The molecule has 0 saturated carbocycles. The average Bonchev–Trinajstić information content (AvgIpc) is 2.37. The van der Waals surface area contributed by atoms with Crippen LogP contribution in [-0.2, 0) is 0 Å². The van der Waals surface area contributed by atoms with Crippen molar-refractivity contribution >= 4 is 23.1 Å². The van der Waals surface area contributed by atoms with Crippen molar-refractivity contribution in [2.75, 3.05) is 13.7 Å². The van der Waals surface area contributed by atoms with Crippen molar-refractivity contribution < 1.29 is 14.6 Å². The Morgan fingerprint density at radius 3 is 2.60 bits per heavy atom. The SMILES string of the molecule is COc1ccc(C(=O)N(CCC(N)=S)C(C)C)c(O)c1. The minimum atomic E-state index is -0.253. The molecule has 0 atom stereocenters. The molecule has 1 aromatic carbocycles. The van der Waals surface area contributed by atoms with Gasteiger partial charge in [-0.15, -0.1) is 0 Å². The number of amides is 1. The van der Waals surface area contributed by atoms with Gasteiger partial charge in [-0.25, -0.2) is 0 Å². The lowest BCUT2D eigenvalue weighted by Crippen LogP contribution is -2.39. The Labute approximate surface area is 124 Å². The van der Waals surface area contributed by atoms with E-state index in [4.69, 9.17) is 22.7 Å². The van der Waals surface area contributed by atoms with Crippen molar-refractivity contribution in [2.45, 2.75) is 26.3 Å². The third-order valence-electron chi connectivity index (χ3n) is 2.92. The smallest absolute Gasteiger partial charge is 0.257 e. The Balaban J connectivity index is 2.97. The first kappa shape index (κ1) is 16.2. The molecule has 6 heteroatoms. The lowest BCUT2D eigenvalue weighted by Gasteiger charge is -2.27. The molecule has 20 heavy (non-hydrogen) atoms. The summed E-state index contributed by atoms with van der Waals surface area (Å²) >= 11 is 4.84. The van der Waals surface area contributed by atoms with E-state index in [1.807, 2.05) is 13.8 Å². The van der Waals surface area contributed by atoms with Gasteiger partial charge in [-0.2, -0.15) is 0 Å². The Morgan fingerprint density at radius 1 is 1.50 bits per heavy atom. The number of hydrogen-bond donors (Lipinski definition) is 2. The summed E-state index contributed by atoms with van der Waals surface area (Å²) < 4.78 is 5.00. The molecule has 0 aliphatic heterocycles.